The zero-order chi connectivity index (χ0) is 11.3. The second kappa shape index (κ2) is 5.55. The fourth-order valence-corrected chi connectivity index (χ4v) is 1.32. The van der Waals surface area contributed by atoms with Gasteiger partial charge in [0.2, 0.25) is 0 Å². The first-order valence-corrected chi connectivity index (χ1v) is 4.56. The molecular weight excluding hydrogens is 196 g/mol. The van der Waals surface area contributed by atoms with Crippen LogP contribution in [-0.2, 0) is 0 Å². The van der Waals surface area contributed by atoms with Crippen LogP contribution in [-0.4, -0.2) is 25.9 Å². The lowest BCUT2D eigenvalue weighted by Gasteiger charge is -2.15. The maximum absolute atomic E-state index is 9.77. The van der Waals surface area contributed by atoms with E-state index in [1.807, 2.05) is 0 Å². The second-order valence-corrected chi connectivity index (χ2v) is 3.03. The van der Waals surface area contributed by atoms with Crippen molar-refractivity contribution >= 4 is 0 Å². The third-order valence-electron chi connectivity index (χ3n) is 2.11. The van der Waals surface area contributed by atoms with E-state index in [2.05, 4.69) is 5.43 Å². The predicted octanol–water partition coefficient (Wildman–Crippen LogP) is 0.200. The van der Waals surface area contributed by atoms with Gasteiger partial charge in [0.15, 0.2) is 0 Å². The number of rotatable bonds is 5. The van der Waals surface area contributed by atoms with Gasteiger partial charge in [-0.2, -0.15) is 0 Å². The Balaban J connectivity index is 3.00. The number of aliphatic hydroxyl groups is 1. The van der Waals surface area contributed by atoms with Gasteiger partial charge in [0.05, 0.1) is 20.3 Å². The van der Waals surface area contributed by atoms with Gasteiger partial charge in [-0.25, -0.2) is 0 Å². The average Bonchev–Trinajstić information content (AvgIpc) is 2.28. The van der Waals surface area contributed by atoms with Crippen LogP contribution in [0.3, 0.4) is 0 Å². The Kier molecular flexibility index (Phi) is 4.36. The van der Waals surface area contributed by atoms with Crippen molar-refractivity contribution in [1.29, 1.82) is 0 Å². The molecule has 15 heavy (non-hydrogen) atoms. The standard InChI is InChI=1S/C10H16N2O3/c1-14-7-3-4-10(15-2)8(5-7)9(13)6-12-11/h3-5,9,12-13H,6,11H2,1-2H3. The maximum atomic E-state index is 9.77. The molecule has 0 radical (unpaired) electrons. The minimum atomic E-state index is -0.722. The highest BCUT2D eigenvalue weighted by atomic mass is 16.5. The van der Waals surface area contributed by atoms with Crippen molar-refractivity contribution in [2.24, 2.45) is 5.84 Å². The van der Waals surface area contributed by atoms with Crippen molar-refractivity contribution in [3.63, 3.8) is 0 Å². The maximum Gasteiger partial charge on any atom is 0.124 e. The first-order valence-electron chi connectivity index (χ1n) is 4.56. The van der Waals surface area contributed by atoms with E-state index in [0.717, 1.165) is 0 Å². The number of methoxy groups -OCH3 is 2. The largest absolute Gasteiger partial charge is 0.497 e. The summed E-state index contributed by atoms with van der Waals surface area (Å²) in [6.45, 7) is 0.253. The molecule has 5 nitrogen and oxygen atoms in total. The molecule has 0 bridgehead atoms. The SMILES string of the molecule is COc1ccc(OC)c(C(O)CNN)c1. The van der Waals surface area contributed by atoms with Crippen LogP contribution in [0.2, 0.25) is 0 Å². The summed E-state index contributed by atoms with van der Waals surface area (Å²) in [4.78, 5) is 0. The van der Waals surface area contributed by atoms with Crippen LogP contribution in [0.1, 0.15) is 11.7 Å². The molecule has 1 atom stereocenters. The quantitative estimate of drug-likeness (QED) is 0.480. The van der Waals surface area contributed by atoms with E-state index in [0.29, 0.717) is 17.1 Å². The Morgan fingerprint density at radius 1 is 1.40 bits per heavy atom. The molecule has 0 saturated carbocycles. The highest BCUT2D eigenvalue weighted by Crippen LogP contribution is 2.28. The molecule has 1 aromatic rings. The summed E-state index contributed by atoms with van der Waals surface area (Å²) >= 11 is 0. The van der Waals surface area contributed by atoms with Crippen LogP contribution in [0.25, 0.3) is 0 Å². The molecule has 0 spiro atoms. The molecule has 84 valence electrons. The smallest absolute Gasteiger partial charge is 0.124 e. The van der Waals surface area contributed by atoms with E-state index >= 15 is 0 Å². The highest BCUT2D eigenvalue weighted by molar-refractivity contribution is 5.41. The van der Waals surface area contributed by atoms with Gasteiger partial charge >= 0.3 is 0 Å². The molecule has 0 aliphatic heterocycles. The van der Waals surface area contributed by atoms with Crippen LogP contribution in [0.4, 0.5) is 0 Å². The molecule has 1 rings (SSSR count). The van der Waals surface area contributed by atoms with Gasteiger partial charge in [-0.05, 0) is 18.2 Å². The van der Waals surface area contributed by atoms with E-state index < -0.39 is 6.10 Å². The summed E-state index contributed by atoms with van der Waals surface area (Å²) in [6, 6.07) is 5.24. The third-order valence-corrected chi connectivity index (χ3v) is 2.11. The lowest BCUT2D eigenvalue weighted by molar-refractivity contribution is 0.170. The van der Waals surface area contributed by atoms with Gasteiger partial charge in [-0.1, -0.05) is 0 Å². The molecule has 0 aliphatic rings. The highest BCUT2D eigenvalue weighted by Gasteiger charge is 2.13. The van der Waals surface area contributed by atoms with E-state index in [9.17, 15) is 5.11 Å². The van der Waals surface area contributed by atoms with Crippen LogP contribution >= 0.6 is 0 Å². The van der Waals surface area contributed by atoms with Gasteiger partial charge in [0.1, 0.15) is 11.5 Å². The van der Waals surface area contributed by atoms with Crippen molar-refractivity contribution in [3.8, 4) is 11.5 Å². The second-order valence-electron chi connectivity index (χ2n) is 3.03. The zero-order valence-electron chi connectivity index (χ0n) is 8.86. The van der Waals surface area contributed by atoms with Crippen LogP contribution in [0, 0.1) is 0 Å². The molecule has 1 aromatic carbocycles. The normalized spacial score (nSPS) is 12.3. The lowest BCUT2D eigenvalue weighted by atomic mass is 10.1. The summed E-state index contributed by atoms with van der Waals surface area (Å²) in [6.07, 6.45) is -0.722. The van der Waals surface area contributed by atoms with Crippen molar-refractivity contribution < 1.29 is 14.6 Å². The van der Waals surface area contributed by atoms with Gasteiger partial charge in [-0.3, -0.25) is 11.3 Å². The first kappa shape index (κ1) is 11.8. The van der Waals surface area contributed by atoms with Gasteiger partial charge in [0, 0.05) is 12.1 Å². The van der Waals surface area contributed by atoms with Gasteiger partial charge < -0.3 is 14.6 Å². The minimum Gasteiger partial charge on any atom is -0.497 e. The number of aliphatic hydroxyl groups excluding tert-OH is 1. The molecule has 0 fully saturated rings. The third kappa shape index (κ3) is 2.82. The molecular formula is C10H16N2O3. The van der Waals surface area contributed by atoms with E-state index in [1.165, 1.54) is 0 Å². The van der Waals surface area contributed by atoms with Crippen molar-refractivity contribution in [2.75, 3.05) is 20.8 Å². The average molecular weight is 212 g/mol. The lowest BCUT2D eigenvalue weighted by Crippen LogP contribution is -2.27. The summed E-state index contributed by atoms with van der Waals surface area (Å²) in [5.74, 6) is 6.42. The number of hydrogen-bond donors (Lipinski definition) is 3. The fourth-order valence-electron chi connectivity index (χ4n) is 1.32. The minimum absolute atomic E-state index is 0.253. The molecule has 0 aromatic heterocycles. The van der Waals surface area contributed by atoms with Crippen LogP contribution in [0.5, 0.6) is 11.5 Å². The molecule has 5 heteroatoms. The summed E-state index contributed by atoms with van der Waals surface area (Å²) < 4.78 is 10.2. The molecule has 0 aliphatic carbocycles. The number of nitrogens with one attached hydrogen (secondary N) is 1. The van der Waals surface area contributed by atoms with Crippen molar-refractivity contribution in [1.82, 2.24) is 5.43 Å². The molecule has 0 saturated heterocycles. The Morgan fingerprint density at radius 3 is 2.67 bits per heavy atom. The fraction of sp³-hybridized carbons (Fsp3) is 0.400. The number of hydrogen-bond acceptors (Lipinski definition) is 5. The number of hydrazine groups is 1. The predicted molar refractivity (Wildman–Crippen MR) is 56.7 cm³/mol. The van der Waals surface area contributed by atoms with Crippen molar-refractivity contribution in [2.45, 2.75) is 6.10 Å². The summed E-state index contributed by atoms with van der Waals surface area (Å²) in [5.41, 5.74) is 3.06. The molecule has 1 unspecified atom stereocenters. The van der Waals surface area contributed by atoms with Crippen LogP contribution in [0.15, 0.2) is 18.2 Å². The van der Waals surface area contributed by atoms with Crippen molar-refractivity contribution in [3.05, 3.63) is 23.8 Å². The Hall–Kier alpha value is -1.30. The Labute approximate surface area is 88.8 Å². The van der Waals surface area contributed by atoms with E-state index in [1.54, 1.807) is 32.4 Å². The summed E-state index contributed by atoms with van der Waals surface area (Å²) in [5, 5.41) is 9.77. The Morgan fingerprint density at radius 2 is 2.13 bits per heavy atom. The van der Waals surface area contributed by atoms with Gasteiger partial charge in [-0.15, -0.1) is 0 Å². The monoisotopic (exact) mass is 212 g/mol. The first-order chi connectivity index (χ1) is 7.22. The van der Waals surface area contributed by atoms with Crippen LogP contribution < -0.4 is 20.7 Å². The topological polar surface area (TPSA) is 76.7 Å². The molecule has 0 amide bonds. The molecule has 4 N–H and O–H groups in total. The number of benzene rings is 1. The Bertz CT molecular complexity index is 318. The zero-order valence-corrected chi connectivity index (χ0v) is 8.86. The summed E-state index contributed by atoms with van der Waals surface area (Å²) in [7, 11) is 3.12. The number of ether oxygens (including phenoxy) is 2. The number of nitrogens with two attached hydrogens (primary N) is 1. The van der Waals surface area contributed by atoms with E-state index in [4.69, 9.17) is 15.3 Å². The molecule has 0 heterocycles. The van der Waals surface area contributed by atoms with E-state index in [-0.39, 0.29) is 6.54 Å². The van der Waals surface area contributed by atoms with Gasteiger partial charge in [0.25, 0.3) is 0 Å².